The summed E-state index contributed by atoms with van der Waals surface area (Å²) in [6.07, 6.45) is 0.356. The molecule has 0 aromatic rings. The summed E-state index contributed by atoms with van der Waals surface area (Å²) < 4.78 is 0.435. The molecule has 0 heterocycles. The molecule has 0 aliphatic rings. The highest BCUT2D eigenvalue weighted by molar-refractivity contribution is 5.78. The third kappa shape index (κ3) is 7.88. The normalized spacial score (nSPS) is 15.4. The predicted octanol–water partition coefficient (Wildman–Crippen LogP) is -0.677. The lowest BCUT2D eigenvalue weighted by Crippen LogP contribution is -2.51. The largest absolute Gasteiger partial charge is 0.550 e. The van der Waals surface area contributed by atoms with Crippen LogP contribution in [0, 0.1) is 0 Å². The molecule has 0 saturated carbocycles. The zero-order chi connectivity index (χ0) is 13.7. The van der Waals surface area contributed by atoms with E-state index in [0.717, 1.165) is 0 Å². The van der Waals surface area contributed by atoms with Crippen molar-refractivity contribution in [3.63, 3.8) is 0 Å². The first-order chi connectivity index (χ1) is 7.58. The molecule has 0 amide bonds. The van der Waals surface area contributed by atoms with Crippen molar-refractivity contribution >= 4 is 11.8 Å². The number of carbonyl (C=O) groups is 2. The molecule has 5 nitrogen and oxygen atoms in total. The van der Waals surface area contributed by atoms with E-state index in [1.807, 2.05) is 21.1 Å². The van der Waals surface area contributed by atoms with Gasteiger partial charge in [0.25, 0.3) is 0 Å². The Morgan fingerprint density at radius 3 is 2.18 bits per heavy atom. The van der Waals surface area contributed by atoms with Gasteiger partial charge in [-0.1, -0.05) is 6.92 Å². The lowest BCUT2D eigenvalue weighted by molar-refractivity contribution is -0.877. The molecular formula is C12H23NO4. The van der Waals surface area contributed by atoms with Crippen molar-refractivity contribution in [2.45, 2.75) is 38.2 Å². The number of aliphatic carboxylic acids is 1. The average Bonchev–Trinajstić information content (AvgIpc) is 2.09. The van der Waals surface area contributed by atoms with Crippen LogP contribution in [0.4, 0.5) is 0 Å². The van der Waals surface area contributed by atoms with Gasteiger partial charge in [0.15, 0.2) is 0 Å². The zero-order valence-electron chi connectivity index (χ0n) is 11.2. The van der Waals surface area contributed by atoms with E-state index in [4.69, 9.17) is 0 Å². The molecule has 17 heavy (non-hydrogen) atoms. The van der Waals surface area contributed by atoms with Crippen LogP contribution in [0.3, 0.4) is 0 Å². The summed E-state index contributed by atoms with van der Waals surface area (Å²) in [4.78, 5) is 21.9. The smallest absolute Gasteiger partial charge is 0.132 e. The van der Waals surface area contributed by atoms with Gasteiger partial charge in [-0.05, 0) is 6.42 Å². The minimum Gasteiger partial charge on any atom is -0.550 e. The van der Waals surface area contributed by atoms with Crippen molar-refractivity contribution in [2.24, 2.45) is 0 Å². The topological polar surface area (TPSA) is 77.4 Å². The SMILES string of the molecule is CCC(=O)CC[C@@](O)(CC(=O)[O-])C[N+](C)(C)C. The molecular weight excluding hydrogens is 222 g/mol. The van der Waals surface area contributed by atoms with E-state index in [2.05, 4.69) is 0 Å². The average molecular weight is 245 g/mol. The third-order valence-corrected chi connectivity index (χ3v) is 2.51. The number of quaternary nitrogens is 1. The number of ketones is 1. The minimum absolute atomic E-state index is 0.0307. The van der Waals surface area contributed by atoms with E-state index in [0.29, 0.717) is 10.9 Å². The van der Waals surface area contributed by atoms with Gasteiger partial charge in [0.1, 0.15) is 17.9 Å². The maximum absolute atomic E-state index is 11.2. The molecule has 1 N–H and O–H groups in total. The highest BCUT2D eigenvalue weighted by Gasteiger charge is 2.33. The molecule has 0 aliphatic heterocycles. The number of aliphatic hydroxyl groups is 1. The number of carboxylic acids is 1. The monoisotopic (exact) mass is 245 g/mol. The Bertz CT molecular complexity index is 283. The Labute approximate surface area is 103 Å². The molecule has 0 fully saturated rings. The molecule has 0 unspecified atom stereocenters. The van der Waals surface area contributed by atoms with E-state index in [1.54, 1.807) is 6.92 Å². The Morgan fingerprint density at radius 2 is 1.82 bits per heavy atom. The van der Waals surface area contributed by atoms with Gasteiger partial charge in [-0.25, -0.2) is 0 Å². The fraction of sp³-hybridized carbons (Fsp3) is 0.833. The van der Waals surface area contributed by atoms with Gasteiger partial charge in [0, 0.05) is 25.2 Å². The second-order valence-corrected chi connectivity index (χ2v) is 5.61. The molecule has 0 saturated heterocycles. The fourth-order valence-corrected chi connectivity index (χ4v) is 1.92. The van der Waals surface area contributed by atoms with Crippen LogP contribution in [0.2, 0.25) is 0 Å². The fourth-order valence-electron chi connectivity index (χ4n) is 1.92. The van der Waals surface area contributed by atoms with Gasteiger partial charge in [0.05, 0.1) is 21.1 Å². The first-order valence-corrected chi connectivity index (χ1v) is 5.82. The molecule has 5 heteroatoms. The van der Waals surface area contributed by atoms with Crippen molar-refractivity contribution in [1.29, 1.82) is 0 Å². The highest BCUT2D eigenvalue weighted by Crippen LogP contribution is 2.20. The van der Waals surface area contributed by atoms with Crippen LogP contribution in [-0.4, -0.2) is 54.6 Å². The first kappa shape index (κ1) is 16.1. The van der Waals surface area contributed by atoms with E-state index in [9.17, 15) is 19.8 Å². The van der Waals surface area contributed by atoms with Crippen LogP contribution < -0.4 is 5.11 Å². The molecule has 0 bridgehead atoms. The van der Waals surface area contributed by atoms with Crippen LogP contribution in [0.25, 0.3) is 0 Å². The van der Waals surface area contributed by atoms with Crippen LogP contribution in [0.1, 0.15) is 32.6 Å². The molecule has 0 rings (SSSR count). The summed E-state index contributed by atoms with van der Waals surface area (Å²) in [5.41, 5.74) is -1.37. The number of Topliss-reactive ketones (excluding diaryl/α,β-unsaturated/α-hetero) is 1. The third-order valence-electron chi connectivity index (χ3n) is 2.51. The number of hydrogen-bond donors (Lipinski definition) is 1. The molecule has 0 aromatic carbocycles. The van der Waals surface area contributed by atoms with Crippen LogP contribution in [0.5, 0.6) is 0 Å². The number of carbonyl (C=O) groups excluding carboxylic acids is 2. The second kappa shape index (κ2) is 6.12. The number of nitrogens with zero attached hydrogens (tertiary/aromatic N) is 1. The van der Waals surface area contributed by atoms with Crippen molar-refractivity contribution in [3.05, 3.63) is 0 Å². The highest BCUT2D eigenvalue weighted by atomic mass is 16.4. The maximum atomic E-state index is 11.2. The Morgan fingerprint density at radius 1 is 1.29 bits per heavy atom. The minimum atomic E-state index is -1.37. The Hall–Kier alpha value is -0.940. The van der Waals surface area contributed by atoms with E-state index >= 15 is 0 Å². The molecule has 100 valence electrons. The van der Waals surface area contributed by atoms with Gasteiger partial charge in [0.2, 0.25) is 0 Å². The molecule has 0 aromatic heterocycles. The summed E-state index contributed by atoms with van der Waals surface area (Å²) in [6.45, 7) is 2.03. The van der Waals surface area contributed by atoms with Gasteiger partial charge < -0.3 is 19.5 Å². The number of hydrogen-bond acceptors (Lipinski definition) is 4. The van der Waals surface area contributed by atoms with Gasteiger partial charge in [-0.3, -0.25) is 4.79 Å². The summed E-state index contributed by atoms with van der Waals surface area (Å²) in [5.74, 6) is -1.26. The van der Waals surface area contributed by atoms with Crippen molar-refractivity contribution in [1.82, 2.24) is 0 Å². The molecule has 0 radical (unpaired) electrons. The quantitative estimate of drug-likeness (QED) is 0.575. The predicted molar refractivity (Wildman–Crippen MR) is 62.0 cm³/mol. The van der Waals surface area contributed by atoms with Crippen LogP contribution in [-0.2, 0) is 9.59 Å². The van der Waals surface area contributed by atoms with Crippen LogP contribution >= 0.6 is 0 Å². The van der Waals surface area contributed by atoms with Crippen molar-refractivity contribution < 1.29 is 24.3 Å². The number of rotatable bonds is 8. The molecule has 0 spiro atoms. The number of carboxylic acid groups (broad SMARTS) is 1. The van der Waals surface area contributed by atoms with Gasteiger partial charge in [-0.15, -0.1) is 0 Å². The van der Waals surface area contributed by atoms with Crippen LogP contribution in [0.15, 0.2) is 0 Å². The summed E-state index contributed by atoms with van der Waals surface area (Å²) >= 11 is 0. The standard InChI is InChI=1S/C12H23NO4/c1-5-10(14)6-7-12(17,8-11(15)16)9-13(2,3)4/h17H,5-9H2,1-4H3/t12-/m1/s1. The van der Waals surface area contributed by atoms with Gasteiger partial charge >= 0.3 is 0 Å². The van der Waals surface area contributed by atoms with Crippen molar-refractivity contribution in [3.8, 4) is 0 Å². The van der Waals surface area contributed by atoms with E-state index < -0.39 is 18.0 Å². The molecule has 1 atom stereocenters. The van der Waals surface area contributed by atoms with Gasteiger partial charge in [-0.2, -0.15) is 0 Å². The lowest BCUT2D eigenvalue weighted by atomic mass is 9.91. The molecule has 0 aliphatic carbocycles. The Balaban J connectivity index is 4.60. The summed E-state index contributed by atoms with van der Waals surface area (Å²) in [7, 11) is 5.59. The number of likely N-dealkylation sites (N-methyl/N-ethyl adjacent to an activating group) is 1. The summed E-state index contributed by atoms with van der Waals surface area (Å²) in [6, 6.07) is 0. The van der Waals surface area contributed by atoms with E-state index in [1.165, 1.54) is 0 Å². The lowest BCUT2D eigenvalue weighted by Gasteiger charge is -2.35. The van der Waals surface area contributed by atoms with E-state index in [-0.39, 0.29) is 25.2 Å². The Kier molecular flexibility index (Phi) is 5.78. The zero-order valence-corrected chi connectivity index (χ0v) is 11.2. The second-order valence-electron chi connectivity index (χ2n) is 5.61. The summed E-state index contributed by atoms with van der Waals surface area (Å²) in [5, 5.41) is 20.9. The maximum Gasteiger partial charge on any atom is 0.132 e. The van der Waals surface area contributed by atoms with Crippen molar-refractivity contribution in [2.75, 3.05) is 27.7 Å². The first-order valence-electron chi connectivity index (χ1n) is 5.82.